The standard InChI is InChI=1S/C32H36N4O7S2/c1-20-15-21(2)17-23(16-20)29-25(26-18-24(34-19-37)9-11-28(26)35-29)12-14-36(32(38)39)13-6-5-7-22-8-10-27(33)31(45(4,42)43)30(22)44(3,40)41/h8-11,15-18,35H,5-7,12-14,33H2,1-4H3,(H,38,39). The third-order valence-corrected chi connectivity index (χ3v) is 10.1. The summed E-state index contributed by atoms with van der Waals surface area (Å²) in [5.74, 6) is 0. The van der Waals surface area contributed by atoms with Gasteiger partial charge in [0.25, 0.3) is 0 Å². The lowest BCUT2D eigenvalue weighted by molar-refractivity contribution is 0.145. The lowest BCUT2D eigenvalue weighted by atomic mass is 9.99. The lowest BCUT2D eigenvalue weighted by Gasteiger charge is -2.20. The lowest BCUT2D eigenvalue weighted by Crippen LogP contribution is -2.32. The molecule has 1 heterocycles. The third-order valence-electron chi connectivity index (χ3n) is 7.57. The van der Waals surface area contributed by atoms with Crippen molar-refractivity contribution in [3.63, 3.8) is 0 Å². The van der Waals surface area contributed by atoms with Crippen LogP contribution in [-0.2, 0) is 37.3 Å². The number of amides is 1. The molecule has 1 aromatic heterocycles. The Hall–Kier alpha value is -4.45. The Morgan fingerprint density at radius 3 is 2.18 bits per heavy atom. The number of rotatable bonds is 12. The predicted octanol–water partition coefficient (Wildman–Crippen LogP) is 5.35. The van der Waals surface area contributed by atoms with E-state index in [9.17, 15) is 31.5 Å². The number of hydrogen-bond donors (Lipinski definition) is 3. The number of nitrogens with two attached hydrogens (primary N) is 1. The molecule has 0 saturated carbocycles. The first kappa shape index (κ1) is 33.4. The van der Waals surface area contributed by atoms with Crippen molar-refractivity contribution in [2.45, 2.75) is 49.3 Å². The van der Waals surface area contributed by atoms with Crippen LogP contribution >= 0.6 is 0 Å². The number of aliphatic imine (C=N–C) groups is 1. The van der Waals surface area contributed by atoms with Crippen molar-refractivity contribution in [2.75, 3.05) is 31.3 Å². The van der Waals surface area contributed by atoms with E-state index in [1.807, 2.05) is 19.9 Å². The fraction of sp³-hybridized carbons (Fsp3) is 0.312. The molecule has 1 amide bonds. The van der Waals surface area contributed by atoms with Gasteiger partial charge in [-0.25, -0.2) is 26.4 Å². The number of nitrogen functional groups attached to an aromatic ring is 1. The van der Waals surface area contributed by atoms with Gasteiger partial charge in [-0.3, -0.25) is 0 Å². The molecule has 4 rings (SSSR count). The summed E-state index contributed by atoms with van der Waals surface area (Å²) in [7, 11) is -7.84. The van der Waals surface area contributed by atoms with Gasteiger partial charge < -0.3 is 20.7 Å². The van der Waals surface area contributed by atoms with E-state index in [2.05, 4.69) is 28.2 Å². The number of H-pyrrole nitrogens is 1. The second-order valence-electron chi connectivity index (χ2n) is 11.3. The van der Waals surface area contributed by atoms with Crippen LogP contribution in [0.1, 0.15) is 35.1 Å². The zero-order valence-electron chi connectivity index (χ0n) is 25.5. The smallest absolute Gasteiger partial charge is 0.407 e. The Labute approximate surface area is 262 Å². The molecular formula is C32H36N4O7S2. The van der Waals surface area contributed by atoms with Crippen molar-refractivity contribution in [2.24, 2.45) is 4.99 Å². The normalized spacial score (nSPS) is 11.8. The van der Waals surface area contributed by atoms with Crippen molar-refractivity contribution in [3.8, 4) is 11.3 Å². The molecule has 3 aromatic carbocycles. The molecule has 0 saturated heterocycles. The van der Waals surface area contributed by atoms with Gasteiger partial charge in [-0.05, 0) is 92.6 Å². The number of carbonyl (C=O) groups excluding carboxylic acids is 1. The molecule has 13 heteroatoms. The number of carboxylic acid groups (broad SMARTS) is 1. The summed E-state index contributed by atoms with van der Waals surface area (Å²) < 4.78 is 49.9. The average Bonchev–Trinajstić information content (AvgIpc) is 3.29. The van der Waals surface area contributed by atoms with E-state index in [1.165, 1.54) is 17.0 Å². The maximum absolute atomic E-state index is 12.6. The SMILES string of the molecule is Cc1cc(C)cc(-c2[nH]c3ccc(N=C=O)cc3c2CCN(CCCCc2ccc(N)c(S(C)(=O)=O)c2S(C)(=O)=O)C(=O)O)c1. The van der Waals surface area contributed by atoms with Gasteiger partial charge in [0.15, 0.2) is 19.7 Å². The van der Waals surface area contributed by atoms with Crippen LogP contribution in [0, 0.1) is 13.8 Å². The number of anilines is 1. The minimum atomic E-state index is -3.92. The van der Waals surface area contributed by atoms with Gasteiger partial charge in [0.05, 0.1) is 16.3 Å². The van der Waals surface area contributed by atoms with E-state index in [0.29, 0.717) is 30.5 Å². The van der Waals surface area contributed by atoms with Crippen LogP contribution in [0.15, 0.2) is 63.3 Å². The Morgan fingerprint density at radius 1 is 0.911 bits per heavy atom. The molecule has 0 bridgehead atoms. The minimum absolute atomic E-state index is 0.138. The van der Waals surface area contributed by atoms with E-state index in [1.54, 1.807) is 18.2 Å². The fourth-order valence-electron chi connectivity index (χ4n) is 5.76. The number of hydrogen-bond acceptors (Lipinski definition) is 8. The Morgan fingerprint density at radius 2 is 1.58 bits per heavy atom. The van der Waals surface area contributed by atoms with Crippen LogP contribution in [0.3, 0.4) is 0 Å². The monoisotopic (exact) mass is 652 g/mol. The predicted molar refractivity (Wildman–Crippen MR) is 174 cm³/mol. The molecule has 0 atom stereocenters. The Kier molecular flexibility index (Phi) is 9.86. The highest BCUT2D eigenvalue weighted by Crippen LogP contribution is 2.35. The summed E-state index contributed by atoms with van der Waals surface area (Å²) in [6, 6.07) is 14.4. The third kappa shape index (κ3) is 7.80. The largest absolute Gasteiger partial charge is 0.465 e. The number of aryl methyl sites for hydroxylation is 3. The van der Waals surface area contributed by atoms with E-state index in [0.717, 1.165) is 51.4 Å². The number of isocyanates is 1. The van der Waals surface area contributed by atoms with E-state index >= 15 is 0 Å². The number of aromatic nitrogens is 1. The van der Waals surface area contributed by atoms with Gasteiger partial charge in [0.2, 0.25) is 6.08 Å². The van der Waals surface area contributed by atoms with Crippen molar-refractivity contribution < 1.29 is 31.5 Å². The summed E-state index contributed by atoms with van der Waals surface area (Å²) in [6.07, 6.45) is 3.73. The molecular weight excluding hydrogens is 617 g/mol. The molecule has 238 valence electrons. The highest BCUT2D eigenvalue weighted by molar-refractivity contribution is 7.94. The van der Waals surface area contributed by atoms with Gasteiger partial charge in [0.1, 0.15) is 4.90 Å². The maximum Gasteiger partial charge on any atom is 0.407 e. The first-order valence-corrected chi connectivity index (χ1v) is 18.0. The Bertz CT molecular complexity index is 2020. The zero-order chi connectivity index (χ0) is 33.1. The van der Waals surface area contributed by atoms with Crippen molar-refractivity contribution in [3.05, 3.63) is 70.8 Å². The van der Waals surface area contributed by atoms with Crippen LogP contribution in [-0.4, -0.2) is 69.6 Å². The highest BCUT2D eigenvalue weighted by atomic mass is 32.2. The van der Waals surface area contributed by atoms with Gasteiger partial charge in [0, 0.05) is 42.2 Å². The number of sulfone groups is 2. The maximum atomic E-state index is 12.6. The molecule has 4 N–H and O–H groups in total. The van der Waals surface area contributed by atoms with Gasteiger partial charge in [-0.15, -0.1) is 0 Å². The van der Waals surface area contributed by atoms with Crippen molar-refractivity contribution in [1.29, 1.82) is 0 Å². The molecule has 11 nitrogen and oxygen atoms in total. The molecule has 0 fully saturated rings. The molecule has 0 radical (unpaired) electrons. The number of fused-ring (bicyclic) bond motifs is 1. The van der Waals surface area contributed by atoms with E-state index < -0.39 is 30.7 Å². The molecule has 45 heavy (non-hydrogen) atoms. The quantitative estimate of drug-likeness (QED) is 0.0792. The second kappa shape index (κ2) is 13.3. The number of carbonyl (C=O) groups is 1. The van der Waals surface area contributed by atoms with Gasteiger partial charge in [-0.1, -0.05) is 23.3 Å². The summed E-state index contributed by atoms with van der Waals surface area (Å²) in [6.45, 7) is 4.37. The number of aromatic amines is 1. The first-order chi connectivity index (χ1) is 21.1. The molecule has 0 unspecified atom stereocenters. The van der Waals surface area contributed by atoms with Crippen molar-refractivity contribution >= 4 is 54.1 Å². The van der Waals surface area contributed by atoms with Crippen LogP contribution in [0.4, 0.5) is 16.2 Å². The average molecular weight is 653 g/mol. The number of nitrogens with one attached hydrogen (secondary N) is 1. The summed E-state index contributed by atoms with van der Waals surface area (Å²) >= 11 is 0. The second-order valence-corrected chi connectivity index (χ2v) is 15.2. The molecule has 0 aliphatic carbocycles. The van der Waals surface area contributed by atoms with Crippen LogP contribution in [0.5, 0.6) is 0 Å². The zero-order valence-corrected chi connectivity index (χ0v) is 27.2. The van der Waals surface area contributed by atoms with Crippen LogP contribution in [0.25, 0.3) is 22.2 Å². The van der Waals surface area contributed by atoms with Gasteiger partial charge in [-0.2, -0.15) is 4.99 Å². The molecule has 0 aliphatic rings. The summed E-state index contributed by atoms with van der Waals surface area (Å²) in [4.78, 5) is 31.0. The summed E-state index contributed by atoms with van der Waals surface area (Å²) in [5.41, 5.74) is 12.2. The Balaban J connectivity index is 1.57. The number of unbranched alkanes of at least 4 members (excludes halogenated alkanes) is 1. The van der Waals surface area contributed by atoms with Crippen molar-refractivity contribution in [1.82, 2.24) is 9.88 Å². The molecule has 0 spiro atoms. The van der Waals surface area contributed by atoms with Crippen LogP contribution in [0.2, 0.25) is 0 Å². The first-order valence-electron chi connectivity index (χ1n) is 14.2. The topological polar surface area (TPSA) is 180 Å². The fourth-order valence-corrected chi connectivity index (χ4v) is 8.73. The molecule has 0 aliphatic heterocycles. The molecule has 4 aromatic rings. The van der Waals surface area contributed by atoms with E-state index in [-0.39, 0.29) is 30.1 Å². The van der Waals surface area contributed by atoms with Crippen LogP contribution < -0.4 is 5.73 Å². The number of benzene rings is 3. The summed E-state index contributed by atoms with van der Waals surface area (Å²) in [5, 5.41) is 10.8. The van der Waals surface area contributed by atoms with Gasteiger partial charge >= 0.3 is 6.09 Å². The minimum Gasteiger partial charge on any atom is -0.465 e. The highest BCUT2D eigenvalue weighted by Gasteiger charge is 2.27. The number of nitrogens with zero attached hydrogens (tertiary/aromatic N) is 2. The van der Waals surface area contributed by atoms with E-state index in [4.69, 9.17) is 5.73 Å².